The Bertz CT molecular complexity index is 680. The first-order valence-corrected chi connectivity index (χ1v) is 7.57. The molecular formula is C17H24N4O2. The number of ether oxygens (including phenoxy) is 1. The van der Waals surface area contributed by atoms with Gasteiger partial charge in [-0.1, -0.05) is 12.1 Å². The van der Waals surface area contributed by atoms with Gasteiger partial charge in [0.1, 0.15) is 5.75 Å². The van der Waals surface area contributed by atoms with E-state index in [4.69, 9.17) is 4.74 Å². The summed E-state index contributed by atoms with van der Waals surface area (Å²) in [6.07, 6.45) is 0.614. The van der Waals surface area contributed by atoms with E-state index in [1.807, 2.05) is 50.3 Å². The van der Waals surface area contributed by atoms with E-state index in [-0.39, 0.29) is 5.56 Å². The SMILES string of the molecule is COc1ccc(Cc2cc(=O)[nH]c(N(C)CCN(C)C)n2)cc1. The van der Waals surface area contributed by atoms with Crippen LogP contribution in [0.25, 0.3) is 0 Å². The maximum Gasteiger partial charge on any atom is 0.252 e. The Morgan fingerprint density at radius 1 is 1.13 bits per heavy atom. The molecule has 124 valence electrons. The molecule has 1 aromatic carbocycles. The summed E-state index contributed by atoms with van der Waals surface area (Å²) < 4.78 is 5.15. The van der Waals surface area contributed by atoms with Crippen LogP contribution in [-0.2, 0) is 6.42 Å². The van der Waals surface area contributed by atoms with Crippen LogP contribution in [0.1, 0.15) is 11.3 Å². The van der Waals surface area contributed by atoms with Crippen molar-refractivity contribution in [3.63, 3.8) is 0 Å². The van der Waals surface area contributed by atoms with Gasteiger partial charge in [-0.2, -0.15) is 0 Å². The van der Waals surface area contributed by atoms with Gasteiger partial charge in [0.05, 0.1) is 12.8 Å². The number of rotatable bonds is 7. The Kier molecular flexibility index (Phi) is 5.76. The second-order valence-corrected chi connectivity index (χ2v) is 5.81. The van der Waals surface area contributed by atoms with Crippen LogP contribution in [0.2, 0.25) is 0 Å². The molecule has 0 aliphatic heterocycles. The van der Waals surface area contributed by atoms with Gasteiger partial charge < -0.3 is 14.5 Å². The second kappa shape index (κ2) is 7.78. The van der Waals surface area contributed by atoms with E-state index >= 15 is 0 Å². The number of hydrogen-bond acceptors (Lipinski definition) is 5. The highest BCUT2D eigenvalue weighted by Crippen LogP contribution is 2.14. The molecular weight excluding hydrogens is 292 g/mol. The molecule has 0 saturated carbocycles. The monoisotopic (exact) mass is 316 g/mol. The first-order chi connectivity index (χ1) is 11.0. The van der Waals surface area contributed by atoms with E-state index in [0.29, 0.717) is 12.4 Å². The molecule has 0 aliphatic rings. The van der Waals surface area contributed by atoms with Crippen LogP contribution in [0, 0.1) is 0 Å². The van der Waals surface area contributed by atoms with Crippen molar-refractivity contribution in [2.45, 2.75) is 6.42 Å². The minimum absolute atomic E-state index is 0.129. The molecule has 1 N–H and O–H groups in total. The van der Waals surface area contributed by atoms with Crippen molar-refractivity contribution in [3.8, 4) is 5.75 Å². The van der Waals surface area contributed by atoms with Crippen LogP contribution in [0.15, 0.2) is 35.1 Å². The number of aromatic nitrogens is 2. The predicted molar refractivity (Wildman–Crippen MR) is 92.5 cm³/mol. The van der Waals surface area contributed by atoms with Crippen LogP contribution in [0.3, 0.4) is 0 Å². The summed E-state index contributed by atoms with van der Waals surface area (Å²) in [5, 5.41) is 0. The van der Waals surface area contributed by atoms with Crippen LogP contribution in [-0.4, -0.2) is 56.2 Å². The van der Waals surface area contributed by atoms with Crippen molar-refractivity contribution < 1.29 is 4.74 Å². The summed E-state index contributed by atoms with van der Waals surface area (Å²) >= 11 is 0. The third-order valence-corrected chi connectivity index (χ3v) is 3.57. The third kappa shape index (κ3) is 5.10. The van der Waals surface area contributed by atoms with E-state index in [1.54, 1.807) is 13.2 Å². The molecule has 6 heteroatoms. The highest BCUT2D eigenvalue weighted by atomic mass is 16.5. The molecule has 1 aromatic heterocycles. The number of H-pyrrole nitrogens is 1. The van der Waals surface area contributed by atoms with Gasteiger partial charge in [0, 0.05) is 32.6 Å². The number of nitrogens with zero attached hydrogens (tertiary/aromatic N) is 3. The lowest BCUT2D eigenvalue weighted by Gasteiger charge is -2.20. The zero-order valence-corrected chi connectivity index (χ0v) is 14.2. The lowest BCUT2D eigenvalue weighted by molar-refractivity contribution is 0.414. The van der Waals surface area contributed by atoms with Crippen molar-refractivity contribution in [3.05, 3.63) is 51.9 Å². The smallest absolute Gasteiger partial charge is 0.252 e. The number of benzene rings is 1. The molecule has 1 heterocycles. The quantitative estimate of drug-likeness (QED) is 0.836. The summed E-state index contributed by atoms with van der Waals surface area (Å²) in [4.78, 5) is 23.3. The molecule has 6 nitrogen and oxygen atoms in total. The zero-order chi connectivity index (χ0) is 16.8. The molecule has 2 aromatic rings. The predicted octanol–water partition coefficient (Wildman–Crippen LogP) is 1.37. The van der Waals surface area contributed by atoms with E-state index in [9.17, 15) is 4.79 Å². The Balaban J connectivity index is 2.14. The van der Waals surface area contributed by atoms with Gasteiger partial charge in [0.25, 0.3) is 5.56 Å². The zero-order valence-electron chi connectivity index (χ0n) is 14.2. The number of likely N-dealkylation sites (N-methyl/N-ethyl adjacent to an activating group) is 2. The van der Waals surface area contributed by atoms with E-state index < -0.39 is 0 Å². The summed E-state index contributed by atoms with van der Waals surface area (Å²) in [5.41, 5.74) is 1.71. The third-order valence-electron chi connectivity index (χ3n) is 3.57. The van der Waals surface area contributed by atoms with Crippen LogP contribution >= 0.6 is 0 Å². The summed E-state index contributed by atoms with van der Waals surface area (Å²) in [5.74, 6) is 1.42. The van der Waals surface area contributed by atoms with E-state index in [1.165, 1.54) is 0 Å². The largest absolute Gasteiger partial charge is 0.497 e. The van der Waals surface area contributed by atoms with Gasteiger partial charge in [-0.25, -0.2) is 4.98 Å². The average Bonchev–Trinajstić information content (AvgIpc) is 2.52. The molecule has 23 heavy (non-hydrogen) atoms. The molecule has 0 bridgehead atoms. The highest BCUT2D eigenvalue weighted by Gasteiger charge is 2.07. The minimum atomic E-state index is -0.129. The maximum absolute atomic E-state index is 11.9. The standard InChI is InChI=1S/C17H24N4O2/c1-20(2)9-10-21(3)17-18-14(12-16(22)19-17)11-13-5-7-15(23-4)8-6-13/h5-8,12H,9-11H2,1-4H3,(H,18,19,22). The molecule has 0 aliphatic carbocycles. The van der Waals surface area contributed by atoms with Crippen LogP contribution < -0.4 is 15.2 Å². The van der Waals surface area contributed by atoms with Crippen molar-refractivity contribution in [2.24, 2.45) is 0 Å². The van der Waals surface area contributed by atoms with Crippen molar-refractivity contribution in [2.75, 3.05) is 46.2 Å². The lowest BCUT2D eigenvalue weighted by Crippen LogP contribution is -2.31. The minimum Gasteiger partial charge on any atom is -0.497 e. The second-order valence-electron chi connectivity index (χ2n) is 5.81. The summed E-state index contributed by atoms with van der Waals surface area (Å²) in [6.45, 7) is 1.69. The van der Waals surface area contributed by atoms with Gasteiger partial charge in [0.15, 0.2) is 0 Å². The van der Waals surface area contributed by atoms with Gasteiger partial charge in [-0.05, 0) is 31.8 Å². The lowest BCUT2D eigenvalue weighted by atomic mass is 10.1. The molecule has 0 fully saturated rings. The molecule has 2 rings (SSSR count). The fraction of sp³-hybridized carbons (Fsp3) is 0.412. The summed E-state index contributed by atoms with van der Waals surface area (Å²) in [7, 11) is 7.61. The number of aromatic amines is 1. The maximum atomic E-state index is 11.9. The van der Waals surface area contributed by atoms with Crippen molar-refractivity contribution in [1.29, 1.82) is 0 Å². The van der Waals surface area contributed by atoms with E-state index in [2.05, 4.69) is 14.9 Å². The first-order valence-electron chi connectivity index (χ1n) is 7.57. The Hall–Kier alpha value is -2.34. The number of anilines is 1. The number of methoxy groups -OCH3 is 1. The molecule has 0 radical (unpaired) electrons. The summed E-state index contributed by atoms with van der Waals surface area (Å²) in [6, 6.07) is 9.33. The van der Waals surface area contributed by atoms with Gasteiger partial charge in [-0.15, -0.1) is 0 Å². The Morgan fingerprint density at radius 2 is 1.83 bits per heavy atom. The fourth-order valence-corrected chi connectivity index (χ4v) is 2.17. The van der Waals surface area contributed by atoms with Crippen molar-refractivity contribution in [1.82, 2.24) is 14.9 Å². The normalized spacial score (nSPS) is 10.8. The average molecular weight is 316 g/mol. The Morgan fingerprint density at radius 3 is 2.43 bits per heavy atom. The van der Waals surface area contributed by atoms with E-state index in [0.717, 1.165) is 30.1 Å². The molecule has 0 amide bonds. The Labute approximate surface area is 136 Å². The molecule has 0 spiro atoms. The molecule has 0 unspecified atom stereocenters. The van der Waals surface area contributed by atoms with Crippen LogP contribution in [0.5, 0.6) is 5.75 Å². The first kappa shape index (κ1) is 17.0. The molecule has 0 atom stereocenters. The highest BCUT2D eigenvalue weighted by molar-refractivity contribution is 5.33. The number of nitrogens with one attached hydrogen (secondary N) is 1. The van der Waals surface area contributed by atoms with Crippen molar-refractivity contribution >= 4 is 5.95 Å². The topological polar surface area (TPSA) is 61.5 Å². The van der Waals surface area contributed by atoms with Gasteiger partial charge in [-0.3, -0.25) is 9.78 Å². The molecule has 0 saturated heterocycles. The van der Waals surface area contributed by atoms with Gasteiger partial charge >= 0.3 is 0 Å². The van der Waals surface area contributed by atoms with Crippen LogP contribution in [0.4, 0.5) is 5.95 Å². The fourth-order valence-electron chi connectivity index (χ4n) is 2.17. The number of hydrogen-bond donors (Lipinski definition) is 1. The van der Waals surface area contributed by atoms with Gasteiger partial charge in [0.2, 0.25) is 5.95 Å².